The number of aromatic nitrogens is 12. The second-order valence-electron chi connectivity index (χ2n) is 15.8. The summed E-state index contributed by atoms with van der Waals surface area (Å²) in [7, 11) is 0. The van der Waals surface area contributed by atoms with E-state index < -0.39 is 0 Å². The molecule has 0 aliphatic heterocycles. The highest BCUT2D eigenvalue weighted by Crippen LogP contribution is 2.26. The van der Waals surface area contributed by atoms with Crippen LogP contribution in [-0.2, 0) is 0 Å². The quantitative estimate of drug-likeness (QED) is 0.116. The molecule has 65 heavy (non-hydrogen) atoms. The highest BCUT2D eigenvalue weighted by Gasteiger charge is 2.22. The lowest BCUT2D eigenvalue weighted by Gasteiger charge is -2.21. The van der Waals surface area contributed by atoms with E-state index in [1.165, 1.54) is 0 Å². The number of H-pyrrole nitrogens is 2. The molecule has 4 aromatic carbocycles. The third kappa shape index (κ3) is 8.68. The van der Waals surface area contributed by atoms with E-state index in [0.717, 1.165) is 33.6 Å². The molecule has 2 atom stereocenters. The first-order valence-electron chi connectivity index (χ1n) is 20.9. The van der Waals surface area contributed by atoms with Gasteiger partial charge in [0.25, 0.3) is 11.1 Å². The zero-order chi connectivity index (χ0) is 46.1. The van der Waals surface area contributed by atoms with Crippen molar-refractivity contribution >= 4 is 61.6 Å². The van der Waals surface area contributed by atoms with Crippen LogP contribution in [0.5, 0.6) is 0 Å². The van der Waals surface area contributed by atoms with Crippen molar-refractivity contribution in [2.24, 2.45) is 5.73 Å². The minimum atomic E-state index is -0.336. The molecule has 6 aromatic heterocycles. The van der Waals surface area contributed by atoms with E-state index >= 15 is 0 Å². The third-order valence-corrected chi connectivity index (χ3v) is 11.1. The average Bonchev–Trinajstić information content (AvgIpc) is 3.95. The van der Waals surface area contributed by atoms with Gasteiger partial charge in [-0.15, -0.1) is 0 Å². The number of fused-ring (bicyclic) bond motifs is 4. The molecule has 0 saturated heterocycles. The van der Waals surface area contributed by atoms with Crippen LogP contribution in [-0.4, -0.2) is 59.0 Å². The van der Waals surface area contributed by atoms with Gasteiger partial charge in [0.2, 0.25) is 0 Å². The number of hydrogen-bond donors (Lipinski definition) is 4. The second kappa shape index (κ2) is 18.2. The van der Waals surface area contributed by atoms with Gasteiger partial charge in [0.05, 0.1) is 57.9 Å². The molecule has 10 aromatic rings. The van der Waals surface area contributed by atoms with Crippen molar-refractivity contribution in [3.8, 4) is 11.4 Å². The summed E-state index contributed by atoms with van der Waals surface area (Å²) in [6, 6.07) is 26.4. The molecule has 0 fully saturated rings. The molecule has 17 heteroatoms. The van der Waals surface area contributed by atoms with E-state index in [2.05, 4.69) is 50.2 Å². The lowest BCUT2D eigenvalue weighted by molar-refractivity contribution is 0.694. The Morgan fingerprint density at radius 1 is 0.569 bits per heavy atom. The molecular weight excluding hydrogens is 840 g/mol. The first-order valence-corrected chi connectivity index (χ1v) is 21.3. The smallest absolute Gasteiger partial charge is 0.266 e. The fraction of sp³-hybridized carbons (Fsp3) is 0.208. The Balaban J connectivity index is 0.000000150. The number of nitrogens with one attached hydrogen (secondary N) is 3. The Kier molecular flexibility index (Phi) is 12.3. The molecule has 0 radical (unpaired) electrons. The molecule has 5 N–H and O–H groups in total. The van der Waals surface area contributed by atoms with Crippen molar-refractivity contribution in [2.45, 2.75) is 67.5 Å². The van der Waals surface area contributed by atoms with Gasteiger partial charge in [-0.25, -0.2) is 39.9 Å². The van der Waals surface area contributed by atoms with Crippen LogP contribution in [0.1, 0.15) is 71.5 Å². The van der Waals surface area contributed by atoms with Crippen LogP contribution < -0.4 is 22.2 Å². The lowest BCUT2D eigenvalue weighted by Crippen LogP contribution is -2.28. The normalized spacial score (nSPS) is 12.2. The summed E-state index contributed by atoms with van der Waals surface area (Å²) in [5, 5.41) is 5.11. The van der Waals surface area contributed by atoms with Crippen LogP contribution in [0.25, 0.3) is 55.5 Å². The number of benzene rings is 4. The third-order valence-electron chi connectivity index (χ3n) is 10.9. The Morgan fingerprint density at radius 3 is 1.57 bits per heavy atom. The van der Waals surface area contributed by atoms with Gasteiger partial charge in [-0.3, -0.25) is 18.7 Å². The minimum absolute atomic E-state index is 0.0651. The van der Waals surface area contributed by atoms with Crippen molar-refractivity contribution in [3.63, 3.8) is 0 Å². The highest BCUT2D eigenvalue weighted by atomic mass is 35.5. The number of nitrogens with two attached hydrogens (primary N) is 1. The maximum atomic E-state index is 13.8. The van der Waals surface area contributed by atoms with Crippen molar-refractivity contribution in [2.75, 3.05) is 5.32 Å². The van der Waals surface area contributed by atoms with Gasteiger partial charge >= 0.3 is 0 Å². The van der Waals surface area contributed by atoms with Crippen molar-refractivity contribution in [3.05, 3.63) is 169 Å². The van der Waals surface area contributed by atoms with E-state index in [1.807, 2.05) is 133 Å². The monoisotopic (exact) mass is 886 g/mol. The van der Waals surface area contributed by atoms with Gasteiger partial charge in [-0.1, -0.05) is 72.3 Å². The Bertz CT molecular complexity index is 3520. The summed E-state index contributed by atoms with van der Waals surface area (Å²) in [4.78, 5) is 67.5. The van der Waals surface area contributed by atoms with E-state index in [-0.39, 0.29) is 23.2 Å². The number of halogens is 1. The van der Waals surface area contributed by atoms with Crippen LogP contribution >= 0.6 is 11.6 Å². The molecule has 328 valence electrons. The Labute approximate surface area is 378 Å². The first-order chi connectivity index (χ1) is 31.2. The van der Waals surface area contributed by atoms with Gasteiger partial charge in [-0.2, -0.15) is 0 Å². The average molecular weight is 887 g/mol. The van der Waals surface area contributed by atoms with Crippen LogP contribution in [0.15, 0.2) is 107 Å². The van der Waals surface area contributed by atoms with Gasteiger partial charge in [0.15, 0.2) is 22.3 Å². The number of aryl methyl sites for hydroxylation is 6. The summed E-state index contributed by atoms with van der Waals surface area (Å²) in [5.41, 5.74) is 15.4. The first kappa shape index (κ1) is 43.9. The van der Waals surface area contributed by atoms with Crippen LogP contribution in [0.2, 0.25) is 5.15 Å². The van der Waals surface area contributed by atoms with Gasteiger partial charge in [-0.05, 0) is 102 Å². The van der Waals surface area contributed by atoms with Crippen molar-refractivity contribution < 1.29 is 0 Å². The molecule has 10 rings (SSSR count). The van der Waals surface area contributed by atoms with E-state index in [1.54, 1.807) is 28.7 Å². The molecule has 0 saturated carbocycles. The number of aromatic amines is 2. The molecule has 0 spiro atoms. The van der Waals surface area contributed by atoms with Crippen molar-refractivity contribution in [1.29, 1.82) is 0 Å². The molecular formula is C48H47ClN14O2. The summed E-state index contributed by atoms with van der Waals surface area (Å²) in [5.74, 6) is 3.04. The largest absolute Gasteiger partial charge is 0.358 e. The molecule has 0 aliphatic carbocycles. The summed E-state index contributed by atoms with van der Waals surface area (Å²) in [6.07, 6.45) is 3.14. The lowest BCUT2D eigenvalue weighted by atomic mass is 10.1. The standard InChI is InChI=1S/C24H23N7O.C18H19N3O.C6H5ClN4/c1-13-8-5-6-11-18(13)31-23(30-17-10-7-9-14(2)19(17)24(31)32)15(3)27-22-20-21(26-12-25-20)28-16(4)29-22;1-11-7-4-5-10-15(11)21-17(13(3)19)20-14-9-6-8-12(2)16(14)18(21)22;1-3-10-5(7)4-6(11-3)9-2-8-4/h5-12,15H,1-4H3,(H2,25,26,27,28,29);4-10,13H,19H2,1-3H3;2H,1H3,(H,8,9,10,11). The summed E-state index contributed by atoms with van der Waals surface area (Å²) < 4.78 is 3.36. The zero-order valence-corrected chi connectivity index (χ0v) is 37.9. The fourth-order valence-electron chi connectivity index (χ4n) is 7.73. The molecule has 6 heterocycles. The number of anilines is 1. The number of nitrogens with zero attached hydrogens (tertiary/aromatic N) is 10. The van der Waals surface area contributed by atoms with Gasteiger partial charge < -0.3 is 21.0 Å². The van der Waals surface area contributed by atoms with Gasteiger partial charge in [0, 0.05) is 0 Å². The number of imidazole rings is 2. The molecule has 16 nitrogen and oxygen atoms in total. The molecule has 0 bridgehead atoms. The minimum Gasteiger partial charge on any atom is -0.358 e. The fourth-order valence-corrected chi connectivity index (χ4v) is 7.99. The van der Waals surface area contributed by atoms with E-state index in [4.69, 9.17) is 22.3 Å². The zero-order valence-electron chi connectivity index (χ0n) is 37.1. The van der Waals surface area contributed by atoms with Crippen LogP contribution in [0, 0.1) is 41.5 Å². The molecule has 0 amide bonds. The number of hydrogen-bond acceptors (Lipinski definition) is 12. The van der Waals surface area contributed by atoms with Crippen molar-refractivity contribution in [1.82, 2.24) is 59.0 Å². The second-order valence-corrected chi connectivity index (χ2v) is 16.1. The topological polar surface area (TPSA) is 217 Å². The molecule has 0 aliphatic rings. The SMILES string of the molecule is Cc1ccccc1-n1c(C(C)N)nc2cccc(C)c2c1=O.Cc1nc(Cl)c2[nH]cnc2n1.Cc1nc(NC(C)c2nc3cccc(C)c3c(=O)n2-c2ccccc2C)c2[nH]cnc2n1. The number of para-hydroxylation sites is 2. The van der Waals surface area contributed by atoms with E-state index in [0.29, 0.717) is 78.4 Å². The summed E-state index contributed by atoms with van der Waals surface area (Å²) >= 11 is 5.78. The number of rotatable bonds is 6. The molecule has 2 unspecified atom stereocenters. The Hall–Kier alpha value is -7.69. The van der Waals surface area contributed by atoms with Crippen LogP contribution in [0.4, 0.5) is 5.82 Å². The highest BCUT2D eigenvalue weighted by molar-refractivity contribution is 6.33. The van der Waals surface area contributed by atoms with E-state index in [9.17, 15) is 9.59 Å². The predicted octanol–water partition coefficient (Wildman–Crippen LogP) is 8.49. The summed E-state index contributed by atoms with van der Waals surface area (Å²) in [6.45, 7) is 15.3. The maximum absolute atomic E-state index is 13.8. The van der Waals surface area contributed by atoms with Crippen LogP contribution in [0.3, 0.4) is 0 Å². The maximum Gasteiger partial charge on any atom is 0.266 e. The Morgan fingerprint density at radius 2 is 1.03 bits per heavy atom. The predicted molar refractivity (Wildman–Crippen MR) is 256 cm³/mol. The van der Waals surface area contributed by atoms with Gasteiger partial charge in [0.1, 0.15) is 34.3 Å².